The van der Waals surface area contributed by atoms with Crippen LogP contribution in [0.5, 0.6) is 0 Å². The zero-order chi connectivity index (χ0) is 14.1. The van der Waals surface area contributed by atoms with Crippen LogP contribution in [0.4, 0.5) is 0 Å². The van der Waals surface area contributed by atoms with Gasteiger partial charge in [0.15, 0.2) is 0 Å². The first-order chi connectivity index (χ1) is 8.42. The maximum Gasteiger partial charge on any atom is 0.323 e. The van der Waals surface area contributed by atoms with E-state index in [1.165, 1.54) is 18.9 Å². The number of hydrogen-bond acceptors (Lipinski definition) is 5. The second kappa shape index (κ2) is 8.99. The fourth-order valence-electron chi connectivity index (χ4n) is 1.29. The van der Waals surface area contributed by atoms with E-state index in [-0.39, 0.29) is 5.91 Å². The number of thioether (sulfide) groups is 1. The van der Waals surface area contributed by atoms with Crippen molar-refractivity contribution in [2.24, 2.45) is 5.73 Å². The Hall–Kier alpha value is -1.01. The zero-order valence-corrected chi connectivity index (χ0v) is 12.1. The molecule has 0 rings (SSSR count). The first-order valence-electron chi connectivity index (χ1n) is 5.75. The van der Waals surface area contributed by atoms with Gasteiger partial charge in [0.25, 0.3) is 0 Å². The monoisotopic (exact) mass is 274 g/mol. The standard InChI is InChI=1S/C12H22N2O3S/c1-5-14(6-9(2)3)11(15)8-18-7-10(13)12(16)17-4/h10H,2,5-8,13H2,1,3-4H3. The first-order valence-corrected chi connectivity index (χ1v) is 6.91. The molecule has 0 aromatic carbocycles. The summed E-state index contributed by atoms with van der Waals surface area (Å²) < 4.78 is 4.51. The Balaban J connectivity index is 4.01. The van der Waals surface area contributed by atoms with E-state index in [9.17, 15) is 9.59 Å². The summed E-state index contributed by atoms with van der Waals surface area (Å²) in [4.78, 5) is 24.6. The van der Waals surface area contributed by atoms with Crippen LogP contribution in [0.3, 0.4) is 0 Å². The van der Waals surface area contributed by atoms with E-state index in [4.69, 9.17) is 5.73 Å². The van der Waals surface area contributed by atoms with Gasteiger partial charge < -0.3 is 15.4 Å². The predicted molar refractivity (Wildman–Crippen MR) is 74.4 cm³/mol. The van der Waals surface area contributed by atoms with Crippen LogP contribution in [0.15, 0.2) is 12.2 Å². The smallest absolute Gasteiger partial charge is 0.323 e. The number of ether oxygens (including phenoxy) is 1. The van der Waals surface area contributed by atoms with E-state index in [1.807, 2.05) is 13.8 Å². The van der Waals surface area contributed by atoms with Crippen molar-refractivity contribution < 1.29 is 14.3 Å². The van der Waals surface area contributed by atoms with Gasteiger partial charge in [-0.2, -0.15) is 0 Å². The molecule has 104 valence electrons. The van der Waals surface area contributed by atoms with Crippen molar-refractivity contribution in [2.75, 3.05) is 31.7 Å². The quantitative estimate of drug-likeness (QED) is 0.519. The zero-order valence-electron chi connectivity index (χ0n) is 11.3. The van der Waals surface area contributed by atoms with Gasteiger partial charge in [-0.15, -0.1) is 11.8 Å². The third kappa shape index (κ3) is 6.66. The summed E-state index contributed by atoms with van der Waals surface area (Å²) in [7, 11) is 1.30. The molecule has 0 heterocycles. The summed E-state index contributed by atoms with van der Waals surface area (Å²) in [6.45, 7) is 8.81. The molecule has 1 amide bonds. The highest BCUT2D eigenvalue weighted by molar-refractivity contribution is 8.00. The van der Waals surface area contributed by atoms with Crippen molar-refractivity contribution in [3.05, 3.63) is 12.2 Å². The molecule has 0 fully saturated rings. The number of amides is 1. The molecule has 1 unspecified atom stereocenters. The number of rotatable bonds is 8. The molecule has 0 aromatic rings. The number of nitrogens with zero attached hydrogens (tertiary/aromatic N) is 1. The molecule has 0 bridgehead atoms. The SMILES string of the molecule is C=C(C)CN(CC)C(=O)CSCC(N)C(=O)OC. The molecular weight excluding hydrogens is 252 g/mol. The maximum absolute atomic E-state index is 11.8. The van der Waals surface area contributed by atoms with Crippen molar-refractivity contribution in [2.45, 2.75) is 19.9 Å². The number of carbonyl (C=O) groups is 2. The number of hydrogen-bond donors (Lipinski definition) is 1. The number of likely N-dealkylation sites (N-methyl/N-ethyl adjacent to an activating group) is 1. The molecule has 0 aromatic heterocycles. The van der Waals surface area contributed by atoms with Crippen molar-refractivity contribution in [1.29, 1.82) is 0 Å². The van der Waals surface area contributed by atoms with Gasteiger partial charge in [0.05, 0.1) is 12.9 Å². The molecule has 18 heavy (non-hydrogen) atoms. The van der Waals surface area contributed by atoms with Gasteiger partial charge in [-0.25, -0.2) is 0 Å². The van der Waals surface area contributed by atoms with Crippen LogP contribution >= 0.6 is 11.8 Å². The lowest BCUT2D eigenvalue weighted by Gasteiger charge is -2.21. The van der Waals surface area contributed by atoms with Gasteiger partial charge in [-0.1, -0.05) is 12.2 Å². The van der Waals surface area contributed by atoms with Crippen molar-refractivity contribution in [3.8, 4) is 0 Å². The summed E-state index contributed by atoms with van der Waals surface area (Å²) in [5.41, 5.74) is 6.51. The average molecular weight is 274 g/mol. The lowest BCUT2D eigenvalue weighted by Crippen LogP contribution is -2.36. The van der Waals surface area contributed by atoms with Crippen LogP contribution < -0.4 is 5.73 Å². The van der Waals surface area contributed by atoms with Gasteiger partial charge in [0.1, 0.15) is 6.04 Å². The minimum atomic E-state index is -0.677. The van der Waals surface area contributed by atoms with E-state index < -0.39 is 12.0 Å². The van der Waals surface area contributed by atoms with E-state index in [0.717, 1.165) is 5.57 Å². The molecule has 0 aliphatic heterocycles. The Kier molecular flexibility index (Phi) is 8.49. The molecule has 0 saturated heterocycles. The minimum Gasteiger partial charge on any atom is -0.468 e. The van der Waals surface area contributed by atoms with Gasteiger partial charge in [0, 0.05) is 18.8 Å². The van der Waals surface area contributed by atoms with Gasteiger partial charge in [-0.05, 0) is 13.8 Å². The van der Waals surface area contributed by atoms with Crippen molar-refractivity contribution in [1.82, 2.24) is 4.90 Å². The van der Waals surface area contributed by atoms with E-state index in [2.05, 4.69) is 11.3 Å². The molecule has 0 saturated carbocycles. The van der Waals surface area contributed by atoms with E-state index in [1.54, 1.807) is 4.90 Å². The van der Waals surface area contributed by atoms with Gasteiger partial charge in [-0.3, -0.25) is 9.59 Å². The minimum absolute atomic E-state index is 0.0302. The van der Waals surface area contributed by atoms with Crippen LogP contribution in [0.1, 0.15) is 13.8 Å². The molecule has 6 heteroatoms. The topological polar surface area (TPSA) is 72.6 Å². The second-order valence-electron chi connectivity index (χ2n) is 4.01. The maximum atomic E-state index is 11.8. The van der Waals surface area contributed by atoms with Crippen LogP contribution in [0, 0.1) is 0 Å². The number of esters is 1. The molecule has 0 spiro atoms. The van der Waals surface area contributed by atoms with Crippen LogP contribution in [-0.2, 0) is 14.3 Å². The Morgan fingerprint density at radius 1 is 1.50 bits per heavy atom. The first kappa shape index (κ1) is 17.0. The molecular formula is C12H22N2O3S. The molecule has 2 N–H and O–H groups in total. The highest BCUT2D eigenvalue weighted by Crippen LogP contribution is 2.06. The fraction of sp³-hybridized carbons (Fsp3) is 0.667. The van der Waals surface area contributed by atoms with Gasteiger partial charge in [0.2, 0.25) is 5.91 Å². The Bertz CT molecular complexity index is 308. The van der Waals surface area contributed by atoms with Crippen molar-refractivity contribution in [3.63, 3.8) is 0 Å². The van der Waals surface area contributed by atoms with Crippen LogP contribution in [0.2, 0.25) is 0 Å². The van der Waals surface area contributed by atoms with E-state index in [0.29, 0.717) is 24.6 Å². The van der Waals surface area contributed by atoms with Crippen LogP contribution in [-0.4, -0.2) is 54.5 Å². The van der Waals surface area contributed by atoms with Gasteiger partial charge >= 0.3 is 5.97 Å². The summed E-state index contributed by atoms with van der Waals surface area (Å²) in [5, 5.41) is 0. The number of methoxy groups -OCH3 is 1. The predicted octanol–water partition coefficient (Wildman–Crippen LogP) is 0.645. The molecule has 1 atom stereocenters. The third-order valence-corrected chi connectivity index (χ3v) is 3.27. The number of nitrogens with two attached hydrogens (primary N) is 1. The third-order valence-electron chi connectivity index (χ3n) is 2.22. The molecule has 5 nitrogen and oxygen atoms in total. The number of carbonyl (C=O) groups excluding carboxylic acids is 2. The van der Waals surface area contributed by atoms with Crippen LogP contribution in [0.25, 0.3) is 0 Å². The highest BCUT2D eigenvalue weighted by Gasteiger charge is 2.16. The lowest BCUT2D eigenvalue weighted by atomic mass is 10.3. The fourth-order valence-corrected chi connectivity index (χ4v) is 2.15. The molecule has 0 aliphatic rings. The average Bonchev–Trinajstić information content (AvgIpc) is 2.34. The Morgan fingerprint density at radius 2 is 2.11 bits per heavy atom. The summed E-state index contributed by atoms with van der Waals surface area (Å²) >= 11 is 1.34. The largest absolute Gasteiger partial charge is 0.468 e. The van der Waals surface area contributed by atoms with Crippen molar-refractivity contribution >= 4 is 23.6 Å². The highest BCUT2D eigenvalue weighted by atomic mass is 32.2. The normalized spacial score (nSPS) is 11.8. The lowest BCUT2D eigenvalue weighted by molar-refractivity contribution is -0.141. The summed E-state index contributed by atoms with van der Waals surface area (Å²) in [6, 6.07) is -0.677. The Morgan fingerprint density at radius 3 is 2.56 bits per heavy atom. The summed E-state index contributed by atoms with van der Waals surface area (Å²) in [5.74, 6) is 0.265. The van der Waals surface area contributed by atoms with E-state index >= 15 is 0 Å². The Labute approximate surface area is 113 Å². The molecule has 0 aliphatic carbocycles. The summed E-state index contributed by atoms with van der Waals surface area (Å²) in [6.07, 6.45) is 0. The second-order valence-corrected chi connectivity index (χ2v) is 5.04. The molecule has 0 radical (unpaired) electrons.